The van der Waals surface area contributed by atoms with E-state index in [0.29, 0.717) is 26.1 Å². The van der Waals surface area contributed by atoms with Crippen LogP contribution in [-0.2, 0) is 0 Å². The Morgan fingerprint density at radius 3 is 2.62 bits per heavy atom. The highest BCUT2D eigenvalue weighted by molar-refractivity contribution is 7.72. The fraction of sp³-hybridized carbons (Fsp3) is 0. The fourth-order valence-electron chi connectivity index (χ4n) is 2.93. The number of thiophene rings is 2. The predicted octanol–water partition coefficient (Wildman–Crippen LogP) is 4.71. The Hall–Kier alpha value is -2.86. The fourth-order valence-corrected chi connectivity index (χ4v) is 4.82. The van der Waals surface area contributed by atoms with Crippen molar-refractivity contribution in [3.63, 3.8) is 0 Å². The van der Waals surface area contributed by atoms with Crippen molar-refractivity contribution >= 4 is 76.1 Å². The summed E-state index contributed by atoms with van der Waals surface area (Å²) in [6.07, 6.45) is 3.47. The van der Waals surface area contributed by atoms with Gasteiger partial charge in [-0.25, -0.2) is 9.38 Å². The van der Waals surface area contributed by atoms with Crippen LogP contribution in [0.2, 0.25) is 0 Å². The topological polar surface area (TPSA) is 91.7 Å². The molecule has 0 aliphatic carbocycles. The van der Waals surface area contributed by atoms with E-state index in [1.165, 1.54) is 15.7 Å². The quantitative estimate of drug-likeness (QED) is 0.303. The van der Waals surface area contributed by atoms with Gasteiger partial charge in [0.1, 0.15) is 10.3 Å². The number of hydrogen-bond acceptors (Lipinski definition) is 8. The lowest BCUT2D eigenvalue weighted by molar-refractivity contribution is 0.903. The molecular weight excluding hydrogens is 445 g/mol. The van der Waals surface area contributed by atoms with Crippen LogP contribution in [0.15, 0.2) is 39.8 Å². The summed E-state index contributed by atoms with van der Waals surface area (Å²) in [4.78, 5) is 25.7. The summed E-state index contributed by atoms with van der Waals surface area (Å²) in [6.45, 7) is 0. The smallest absolute Gasteiger partial charge is 0.286 e. The zero-order chi connectivity index (χ0) is 20.0. The highest BCUT2D eigenvalue weighted by atomic mass is 32.1. The molecule has 0 aromatic carbocycles. The van der Waals surface area contributed by atoms with Crippen LogP contribution in [0.3, 0.4) is 0 Å². The number of rotatable bonds is 3. The molecule has 0 aliphatic heterocycles. The van der Waals surface area contributed by atoms with Crippen LogP contribution in [-0.4, -0.2) is 29.5 Å². The molecule has 0 radical (unpaired) electrons. The minimum absolute atomic E-state index is 0.172. The second-order valence-electron chi connectivity index (χ2n) is 5.94. The van der Waals surface area contributed by atoms with Crippen molar-refractivity contribution in [2.75, 3.05) is 0 Å². The van der Waals surface area contributed by atoms with Crippen LogP contribution < -0.4 is 5.56 Å². The Balaban J connectivity index is 1.87. The molecule has 5 aromatic rings. The van der Waals surface area contributed by atoms with Crippen LogP contribution >= 0.6 is 47.1 Å². The van der Waals surface area contributed by atoms with Gasteiger partial charge in [0, 0.05) is 4.88 Å². The van der Waals surface area contributed by atoms with E-state index in [0.717, 1.165) is 9.75 Å². The maximum atomic E-state index is 13.2. The number of fused-ring (bicyclic) bond motifs is 3. The molecule has 11 heteroatoms. The zero-order valence-electron chi connectivity index (χ0n) is 14.4. The van der Waals surface area contributed by atoms with E-state index in [1.54, 1.807) is 17.4 Å². The zero-order valence-corrected chi connectivity index (χ0v) is 17.7. The highest BCUT2D eigenvalue weighted by Gasteiger charge is 2.17. The van der Waals surface area contributed by atoms with Crippen LogP contribution in [0.25, 0.3) is 39.5 Å². The first-order valence-corrected chi connectivity index (χ1v) is 10.9. The number of nitrogens with zero attached hydrogens (tertiary/aromatic N) is 4. The molecule has 5 rings (SSSR count). The summed E-state index contributed by atoms with van der Waals surface area (Å²) in [6, 6.07) is 7.75. The lowest BCUT2D eigenvalue weighted by atomic mass is 10.2. The maximum absolute atomic E-state index is 13.2. The SMILES string of the molecule is O=c1c(/C=C/c2cccs2)nnc2nc(-c3cccs3)c3c(=S)[nH]c(=S)[nH]c3n12. The van der Waals surface area contributed by atoms with Gasteiger partial charge >= 0.3 is 0 Å². The van der Waals surface area contributed by atoms with Gasteiger partial charge in [0.2, 0.25) is 0 Å². The molecule has 7 nitrogen and oxygen atoms in total. The third-order valence-corrected chi connectivity index (χ3v) is 6.39. The molecule has 5 heterocycles. The third-order valence-electron chi connectivity index (χ3n) is 4.17. The summed E-state index contributed by atoms with van der Waals surface area (Å²) >= 11 is 13.8. The highest BCUT2D eigenvalue weighted by Crippen LogP contribution is 2.29. The summed E-state index contributed by atoms with van der Waals surface area (Å²) in [5, 5.41) is 12.8. The standard InChI is InChI=1S/C18H10N6OS4/c25-16-10(6-5-9-3-1-7-28-9)22-23-17-19-13(11-4-2-8-29-11)12-14(24(16)17)20-18(27)21-15(12)26/h1-8H,(H2,20,21,26,27)/b6-5+. The number of nitrogens with one attached hydrogen (secondary N) is 2. The Labute approximate surface area is 181 Å². The van der Waals surface area contributed by atoms with Crippen molar-refractivity contribution in [2.24, 2.45) is 0 Å². The van der Waals surface area contributed by atoms with Gasteiger partial charge in [-0.3, -0.25) is 4.79 Å². The minimum atomic E-state index is -0.357. The summed E-state index contributed by atoms with van der Waals surface area (Å²) in [7, 11) is 0. The van der Waals surface area contributed by atoms with Gasteiger partial charge in [-0.05, 0) is 47.3 Å². The molecule has 0 bridgehead atoms. The molecule has 2 N–H and O–H groups in total. The predicted molar refractivity (Wildman–Crippen MR) is 121 cm³/mol. The van der Waals surface area contributed by atoms with Crippen molar-refractivity contribution < 1.29 is 0 Å². The van der Waals surface area contributed by atoms with Crippen LogP contribution in [0.4, 0.5) is 0 Å². The molecule has 142 valence electrons. The number of aromatic nitrogens is 6. The van der Waals surface area contributed by atoms with E-state index < -0.39 is 0 Å². The monoisotopic (exact) mass is 454 g/mol. The first-order chi connectivity index (χ1) is 14.1. The lowest BCUT2D eigenvalue weighted by Gasteiger charge is -2.09. The Morgan fingerprint density at radius 2 is 1.86 bits per heavy atom. The van der Waals surface area contributed by atoms with Crippen molar-refractivity contribution in [2.45, 2.75) is 0 Å². The van der Waals surface area contributed by atoms with E-state index in [9.17, 15) is 4.79 Å². The summed E-state index contributed by atoms with van der Waals surface area (Å²) < 4.78 is 2.08. The first-order valence-electron chi connectivity index (χ1n) is 8.33. The minimum Gasteiger partial charge on any atom is -0.323 e. The average molecular weight is 455 g/mol. The molecule has 0 atom stereocenters. The Kier molecular flexibility index (Phi) is 4.51. The molecule has 29 heavy (non-hydrogen) atoms. The maximum Gasteiger partial charge on any atom is 0.286 e. The van der Waals surface area contributed by atoms with Crippen LogP contribution in [0.5, 0.6) is 0 Å². The molecule has 5 aromatic heterocycles. The average Bonchev–Trinajstić information content (AvgIpc) is 3.40. The van der Waals surface area contributed by atoms with Crippen molar-refractivity contribution in [1.29, 1.82) is 0 Å². The molecule has 0 spiro atoms. The summed E-state index contributed by atoms with van der Waals surface area (Å²) in [5.41, 5.74) is 0.904. The van der Waals surface area contributed by atoms with Gasteiger partial charge in [0.25, 0.3) is 11.3 Å². The third kappa shape index (κ3) is 3.17. The van der Waals surface area contributed by atoms with E-state index in [-0.39, 0.29) is 17.0 Å². The number of hydrogen-bond donors (Lipinski definition) is 2. The van der Waals surface area contributed by atoms with Crippen molar-refractivity contribution in [3.05, 3.63) is 65.4 Å². The van der Waals surface area contributed by atoms with Gasteiger partial charge < -0.3 is 9.97 Å². The van der Waals surface area contributed by atoms with Gasteiger partial charge in [0.15, 0.2) is 10.5 Å². The van der Waals surface area contributed by atoms with Crippen LogP contribution in [0.1, 0.15) is 10.6 Å². The summed E-state index contributed by atoms with van der Waals surface area (Å²) in [5.74, 6) is 0.172. The second kappa shape index (κ2) is 7.19. The van der Waals surface area contributed by atoms with Gasteiger partial charge in [-0.2, -0.15) is 0 Å². The molecule has 0 saturated carbocycles. The molecular formula is C18H10N6OS4. The molecule has 0 saturated heterocycles. The van der Waals surface area contributed by atoms with E-state index in [4.69, 9.17) is 24.4 Å². The molecule has 0 amide bonds. The Bertz CT molecular complexity index is 1560. The Morgan fingerprint density at radius 1 is 1.03 bits per heavy atom. The van der Waals surface area contributed by atoms with Crippen LogP contribution in [0, 0.1) is 9.41 Å². The van der Waals surface area contributed by atoms with Gasteiger partial charge in [0.05, 0.1) is 16.0 Å². The van der Waals surface area contributed by atoms with Gasteiger partial charge in [-0.1, -0.05) is 24.4 Å². The normalized spacial score (nSPS) is 11.7. The molecule has 0 aliphatic rings. The molecule has 0 fully saturated rings. The van der Waals surface area contributed by atoms with E-state index in [2.05, 4.69) is 25.1 Å². The lowest BCUT2D eigenvalue weighted by Crippen LogP contribution is -2.22. The van der Waals surface area contributed by atoms with Gasteiger partial charge in [-0.15, -0.1) is 32.9 Å². The second-order valence-corrected chi connectivity index (χ2v) is 8.69. The molecule has 0 unspecified atom stereocenters. The van der Waals surface area contributed by atoms with E-state index >= 15 is 0 Å². The van der Waals surface area contributed by atoms with Crippen molar-refractivity contribution in [1.82, 2.24) is 29.5 Å². The first kappa shape index (κ1) is 18.2. The van der Waals surface area contributed by atoms with Crippen molar-refractivity contribution in [3.8, 4) is 10.6 Å². The number of H-pyrrole nitrogens is 2. The number of aromatic amines is 2. The van der Waals surface area contributed by atoms with E-state index in [1.807, 2.05) is 41.1 Å². The largest absolute Gasteiger partial charge is 0.323 e.